The molecule has 1 aromatic rings. The summed E-state index contributed by atoms with van der Waals surface area (Å²) in [5, 5.41) is 17.3. The Morgan fingerprint density at radius 3 is 2.54 bits per heavy atom. The number of hydrogen-bond acceptors (Lipinski definition) is 2. The van der Waals surface area contributed by atoms with Crippen LogP contribution in [0.3, 0.4) is 0 Å². The Hall–Kier alpha value is -0.860. The minimum atomic E-state index is -1.05. The summed E-state index contributed by atoms with van der Waals surface area (Å²) in [6.45, 7) is 0. The van der Waals surface area contributed by atoms with Gasteiger partial charge in [0, 0.05) is 8.95 Å². The minimum Gasteiger partial charge on any atom is -0.478 e. The van der Waals surface area contributed by atoms with Crippen LogP contribution in [-0.2, 0) is 0 Å². The van der Waals surface area contributed by atoms with Crippen molar-refractivity contribution in [2.45, 2.75) is 0 Å². The smallest absolute Gasteiger partial charge is 0.335 e. The Bertz CT molecular complexity index is 409. The number of carboxylic acid groups (broad SMARTS) is 1. The zero-order valence-corrected chi connectivity index (χ0v) is 9.39. The van der Waals surface area contributed by atoms with Crippen molar-refractivity contribution in [3.8, 4) is 6.07 Å². The molecule has 0 atom stereocenters. The second-order valence-electron chi connectivity index (χ2n) is 2.24. The van der Waals surface area contributed by atoms with E-state index in [9.17, 15) is 4.79 Å². The van der Waals surface area contributed by atoms with Crippen LogP contribution in [0.5, 0.6) is 0 Å². The van der Waals surface area contributed by atoms with Crippen molar-refractivity contribution in [1.29, 1.82) is 5.26 Å². The molecule has 13 heavy (non-hydrogen) atoms. The first-order chi connectivity index (χ1) is 6.06. The largest absolute Gasteiger partial charge is 0.478 e. The van der Waals surface area contributed by atoms with Crippen molar-refractivity contribution in [2.75, 3.05) is 0 Å². The fourth-order valence-corrected chi connectivity index (χ4v) is 1.57. The van der Waals surface area contributed by atoms with Gasteiger partial charge in [-0.25, -0.2) is 4.79 Å². The highest BCUT2D eigenvalue weighted by Crippen LogP contribution is 2.27. The van der Waals surface area contributed by atoms with Gasteiger partial charge in [0.05, 0.1) is 11.1 Å². The summed E-state index contributed by atoms with van der Waals surface area (Å²) < 4.78 is 1.13. The molecule has 0 bridgehead atoms. The van der Waals surface area contributed by atoms with Gasteiger partial charge >= 0.3 is 5.97 Å². The van der Waals surface area contributed by atoms with E-state index in [0.29, 0.717) is 14.5 Å². The van der Waals surface area contributed by atoms with Crippen LogP contribution in [0.2, 0.25) is 0 Å². The molecule has 0 saturated heterocycles. The van der Waals surface area contributed by atoms with Crippen LogP contribution >= 0.6 is 31.9 Å². The Labute approximate surface area is 91.2 Å². The lowest BCUT2D eigenvalue weighted by molar-refractivity contribution is 0.0696. The Morgan fingerprint density at radius 2 is 2.08 bits per heavy atom. The lowest BCUT2D eigenvalue weighted by atomic mass is 10.1. The molecular weight excluding hydrogens is 302 g/mol. The molecule has 3 nitrogen and oxygen atoms in total. The van der Waals surface area contributed by atoms with Gasteiger partial charge in [0.1, 0.15) is 6.07 Å². The Kier molecular flexibility index (Phi) is 3.07. The summed E-state index contributed by atoms with van der Waals surface area (Å²) >= 11 is 6.31. The molecule has 0 fully saturated rings. The van der Waals surface area contributed by atoms with Crippen molar-refractivity contribution >= 4 is 37.8 Å². The molecule has 0 spiro atoms. The minimum absolute atomic E-state index is 0.0895. The standard InChI is InChI=1S/C8H3Br2NO2/c9-6-2-4(8(12)13)1-5(3-11)7(6)10/h1-2H,(H,12,13). The van der Waals surface area contributed by atoms with Crippen molar-refractivity contribution < 1.29 is 9.90 Å². The van der Waals surface area contributed by atoms with Crippen molar-refractivity contribution in [1.82, 2.24) is 0 Å². The summed E-state index contributed by atoms with van der Waals surface area (Å²) in [4.78, 5) is 10.6. The second-order valence-corrected chi connectivity index (χ2v) is 3.88. The van der Waals surface area contributed by atoms with Crippen molar-refractivity contribution in [3.63, 3.8) is 0 Å². The fraction of sp³-hybridized carbons (Fsp3) is 0. The third-order valence-corrected chi connectivity index (χ3v) is 3.41. The first-order valence-electron chi connectivity index (χ1n) is 3.18. The zero-order valence-electron chi connectivity index (χ0n) is 6.21. The molecule has 0 amide bonds. The molecule has 5 heteroatoms. The van der Waals surface area contributed by atoms with E-state index < -0.39 is 5.97 Å². The van der Waals surface area contributed by atoms with Crippen LogP contribution < -0.4 is 0 Å². The molecule has 0 aromatic heterocycles. The van der Waals surface area contributed by atoms with Crippen molar-refractivity contribution in [2.24, 2.45) is 0 Å². The molecular formula is C8H3Br2NO2. The lowest BCUT2D eigenvalue weighted by Gasteiger charge is -2.00. The van der Waals surface area contributed by atoms with Gasteiger partial charge in [0.2, 0.25) is 0 Å². The molecule has 0 radical (unpaired) electrons. The molecule has 66 valence electrons. The lowest BCUT2D eigenvalue weighted by Crippen LogP contribution is -1.97. The van der Waals surface area contributed by atoms with Gasteiger partial charge in [-0.2, -0.15) is 5.26 Å². The summed E-state index contributed by atoms with van der Waals surface area (Å²) in [7, 11) is 0. The third-order valence-electron chi connectivity index (χ3n) is 1.40. The molecule has 0 saturated carbocycles. The highest BCUT2D eigenvalue weighted by molar-refractivity contribution is 9.13. The maximum Gasteiger partial charge on any atom is 0.335 e. The zero-order chi connectivity index (χ0) is 10.0. The van der Waals surface area contributed by atoms with E-state index in [1.807, 2.05) is 6.07 Å². The molecule has 0 heterocycles. The molecule has 1 aromatic carbocycles. The average molecular weight is 305 g/mol. The van der Waals surface area contributed by atoms with Crippen molar-refractivity contribution in [3.05, 3.63) is 32.2 Å². The Balaban J connectivity index is 3.41. The quantitative estimate of drug-likeness (QED) is 0.868. The van der Waals surface area contributed by atoms with E-state index >= 15 is 0 Å². The normalized spacial score (nSPS) is 9.31. The summed E-state index contributed by atoms with van der Waals surface area (Å²) in [5.41, 5.74) is 0.387. The van der Waals surface area contributed by atoms with E-state index in [1.54, 1.807) is 0 Å². The summed E-state index contributed by atoms with van der Waals surface area (Å²) in [6.07, 6.45) is 0. The topological polar surface area (TPSA) is 61.1 Å². The highest BCUT2D eigenvalue weighted by Gasteiger charge is 2.10. The van der Waals surface area contributed by atoms with Gasteiger partial charge in [0.15, 0.2) is 0 Å². The van der Waals surface area contributed by atoms with Gasteiger partial charge in [-0.3, -0.25) is 0 Å². The van der Waals surface area contributed by atoms with Gasteiger partial charge in [-0.05, 0) is 44.0 Å². The van der Waals surface area contributed by atoms with E-state index in [0.717, 1.165) is 0 Å². The number of rotatable bonds is 1. The van der Waals surface area contributed by atoms with Gasteiger partial charge in [0.25, 0.3) is 0 Å². The van der Waals surface area contributed by atoms with Crippen LogP contribution in [0.25, 0.3) is 0 Å². The fourth-order valence-electron chi connectivity index (χ4n) is 0.794. The van der Waals surface area contributed by atoms with Gasteiger partial charge < -0.3 is 5.11 Å². The maximum absolute atomic E-state index is 10.6. The monoisotopic (exact) mass is 303 g/mol. The molecule has 1 rings (SSSR count). The number of benzene rings is 1. The van der Waals surface area contributed by atoms with Crippen LogP contribution in [0.4, 0.5) is 0 Å². The Morgan fingerprint density at radius 1 is 1.46 bits per heavy atom. The van der Waals surface area contributed by atoms with Crippen LogP contribution in [0.1, 0.15) is 15.9 Å². The summed E-state index contributed by atoms with van der Waals surface area (Å²) in [6, 6.07) is 4.65. The molecule has 1 N–H and O–H groups in total. The number of aromatic carboxylic acids is 1. The molecule has 0 aliphatic carbocycles. The number of halogens is 2. The second kappa shape index (κ2) is 3.90. The number of carboxylic acids is 1. The SMILES string of the molecule is N#Cc1cc(C(=O)O)cc(Br)c1Br. The van der Waals surface area contributed by atoms with E-state index in [4.69, 9.17) is 10.4 Å². The first kappa shape index (κ1) is 10.2. The number of hydrogen-bond donors (Lipinski definition) is 1. The maximum atomic E-state index is 10.6. The summed E-state index contributed by atoms with van der Waals surface area (Å²) in [5.74, 6) is -1.05. The van der Waals surface area contributed by atoms with E-state index in [1.165, 1.54) is 12.1 Å². The highest BCUT2D eigenvalue weighted by atomic mass is 79.9. The predicted octanol–water partition coefficient (Wildman–Crippen LogP) is 2.78. The molecule has 0 unspecified atom stereocenters. The predicted molar refractivity (Wildman–Crippen MR) is 53.5 cm³/mol. The van der Waals surface area contributed by atoms with Crippen LogP contribution in [0.15, 0.2) is 21.1 Å². The molecule has 0 aliphatic rings. The van der Waals surface area contributed by atoms with Gasteiger partial charge in [-0.15, -0.1) is 0 Å². The average Bonchev–Trinajstić information content (AvgIpc) is 2.09. The van der Waals surface area contributed by atoms with Crippen LogP contribution in [-0.4, -0.2) is 11.1 Å². The van der Waals surface area contributed by atoms with Gasteiger partial charge in [-0.1, -0.05) is 0 Å². The first-order valence-corrected chi connectivity index (χ1v) is 4.77. The van der Waals surface area contributed by atoms with E-state index in [-0.39, 0.29) is 5.56 Å². The van der Waals surface area contributed by atoms with Crippen LogP contribution in [0, 0.1) is 11.3 Å². The number of nitrogens with zero attached hydrogens (tertiary/aromatic N) is 1. The molecule has 0 aliphatic heterocycles. The van der Waals surface area contributed by atoms with E-state index in [2.05, 4.69) is 31.9 Å². The third kappa shape index (κ3) is 2.08. The number of nitriles is 1. The number of carbonyl (C=O) groups is 1.